The molecule has 0 bridgehead atoms. The summed E-state index contributed by atoms with van der Waals surface area (Å²) >= 11 is 0. The van der Waals surface area contributed by atoms with E-state index in [-0.39, 0.29) is 16.8 Å². The van der Waals surface area contributed by atoms with Gasteiger partial charge in [0, 0.05) is 24.4 Å². The van der Waals surface area contributed by atoms with E-state index in [0.717, 1.165) is 6.07 Å². The van der Waals surface area contributed by atoms with Crippen molar-refractivity contribution < 1.29 is 14.1 Å². The normalized spacial score (nSPS) is 10.0. The Morgan fingerprint density at radius 1 is 1.27 bits per heavy atom. The molecule has 0 fully saturated rings. The molecule has 0 aliphatic rings. The first-order valence-corrected chi connectivity index (χ1v) is 6.47. The zero-order chi connectivity index (χ0) is 16.1. The van der Waals surface area contributed by atoms with Gasteiger partial charge in [-0.2, -0.15) is 0 Å². The minimum Gasteiger partial charge on any atom is -0.381 e. The molecule has 2 aromatic rings. The van der Waals surface area contributed by atoms with Crippen LogP contribution in [0.2, 0.25) is 0 Å². The third-order valence-corrected chi connectivity index (χ3v) is 3.01. The molecular formula is C16H13FN2O3. The molecule has 0 radical (unpaired) electrons. The average Bonchev–Trinajstić information content (AvgIpc) is 2.52. The van der Waals surface area contributed by atoms with E-state index in [1.165, 1.54) is 36.4 Å². The van der Waals surface area contributed by atoms with Crippen molar-refractivity contribution in [1.29, 1.82) is 0 Å². The highest BCUT2D eigenvalue weighted by Crippen LogP contribution is 2.25. The third kappa shape index (κ3) is 3.17. The van der Waals surface area contributed by atoms with Crippen LogP contribution in [0.15, 0.2) is 55.1 Å². The molecule has 0 amide bonds. The van der Waals surface area contributed by atoms with Crippen molar-refractivity contribution in [3.63, 3.8) is 0 Å². The maximum atomic E-state index is 13.8. The average molecular weight is 300 g/mol. The molecule has 1 N–H and O–H groups in total. The van der Waals surface area contributed by atoms with E-state index in [1.54, 1.807) is 6.08 Å². The van der Waals surface area contributed by atoms with Crippen LogP contribution in [0.3, 0.4) is 0 Å². The van der Waals surface area contributed by atoms with Crippen molar-refractivity contribution in [2.24, 2.45) is 0 Å². The van der Waals surface area contributed by atoms with Gasteiger partial charge < -0.3 is 5.32 Å². The summed E-state index contributed by atoms with van der Waals surface area (Å²) in [7, 11) is 0. The molecule has 0 aromatic heterocycles. The number of carbonyl (C=O) groups is 1. The van der Waals surface area contributed by atoms with Gasteiger partial charge in [0.2, 0.25) is 0 Å². The lowest BCUT2D eigenvalue weighted by molar-refractivity contribution is -0.384. The third-order valence-electron chi connectivity index (χ3n) is 3.01. The molecule has 0 aliphatic heterocycles. The minimum atomic E-state index is -0.673. The summed E-state index contributed by atoms with van der Waals surface area (Å²) in [6, 6.07) is 9.36. The lowest BCUT2D eigenvalue weighted by Gasteiger charge is -2.10. The maximum Gasteiger partial charge on any atom is 0.270 e. The monoisotopic (exact) mass is 300 g/mol. The van der Waals surface area contributed by atoms with Crippen molar-refractivity contribution in [2.75, 3.05) is 11.9 Å². The number of carbonyl (C=O) groups excluding carboxylic acids is 1. The number of hydrogen-bond donors (Lipinski definition) is 1. The second-order valence-electron chi connectivity index (χ2n) is 4.47. The topological polar surface area (TPSA) is 72.2 Å². The second kappa shape index (κ2) is 6.62. The predicted octanol–water partition coefficient (Wildman–Crippen LogP) is 3.56. The van der Waals surface area contributed by atoms with Gasteiger partial charge in [-0.25, -0.2) is 4.39 Å². The number of anilines is 1. The van der Waals surface area contributed by atoms with Gasteiger partial charge in [0.25, 0.3) is 5.69 Å². The Balaban J connectivity index is 2.52. The first-order valence-electron chi connectivity index (χ1n) is 6.47. The van der Waals surface area contributed by atoms with Gasteiger partial charge in [-0.05, 0) is 18.2 Å². The maximum absolute atomic E-state index is 13.8. The van der Waals surface area contributed by atoms with Crippen LogP contribution < -0.4 is 5.32 Å². The van der Waals surface area contributed by atoms with Gasteiger partial charge in [0.1, 0.15) is 5.82 Å². The van der Waals surface area contributed by atoms with E-state index in [0.29, 0.717) is 12.2 Å². The zero-order valence-electron chi connectivity index (χ0n) is 11.6. The molecule has 0 saturated heterocycles. The first kappa shape index (κ1) is 15.4. The quantitative estimate of drug-likeness (QED) is 0.383. The van der Waals surface area contributed by atoms with Crippen LogP contribution in [0, 0.1) is 15.9 Å². The van der Waals surface area contributed by atoms with Crippen LogP contribution >= 0.6 is 0 Å². The summed E-state index contributed by atoms with van der Waals surface area (Å²) < 4.78 is 13.8. The Kier molecular flexibility index (Phi) is 4.63. The number of nitro groups is 1. The summed E-state index contributed by atoms with van der Waals surface area (Å²) in [5.74, 6) is -1.29. The van der Waals surface area contributed by atoms with Crippen molar-refractivity contribution in [1.82, 2.24) is 0 Å². The van der Waals surface area contributed by atoms with E-state index in [9.17, 15) is 19.3 Å². The Labute approximate surface area is 126 Å². The molecule has 5 nitrogen and oxygen atoms in total. The minimum absolute atomic E-state index is 0.0427. The van der Waals surface area contributed by atoms with E-state index < -0.39 is 16.5 Å². The highest BCUT2D eigenvalue weighted by atomic mass is 19.1. The summed E-state index contributed by atoms with van der Waals surface area (Å²) in [4.78, 5) is 22.8. The molecule has 0 heterocycles. The Morgan fingerprint density at radius 2 is 2.00 bits per heavy atom. The van der Waals surface area contributed by atoms with Gasteiger partial charge in [0.15, 0.2) is 5.78 Å². The SMILES string of the molecule is C=CCNc1ccc([N+](=O)[O-])cc1C(=O)c1ccccc1F. The first-order chi connectivity index (χ1) is 10.5. The van der Waals surface area contributed by atoms with Gasteiger partial charge in [-0.15, -0.1) is 6.58 Å². The van der Waals surface area contributed by atoms with Crippen LogP contribution in [0.25, 0.3) is 0 Å². The van der Waals surface area contributed by atoms with E-state index in [2.05, 4.69) is 11.9 Å². The Morgan fingerprint density at radius 3 is 2.64 bits per heavy atom. The van der Waals surface area contributed by atoms with Crippen LogP contribution in [-0.2, 0) is 0 Å². The fourth-order valence-electron chi connectivity index (χ4n) is 1.96. The number of benzene rings is 2. The van der Waals surface area contributed by atoms with Gasteiger partial charge in [-0.1, -0.05) is 18.2 Å². The molecule has 0 unspecified atom stereocenters. The van der Waals surface area contributed by atoms with Gasteiger partial charge in [0.05, 0.1) is 16.1 Å². The number of nitrogens with one attached hydrogen (secondary N) is 1. The Bertz CT molecular complexity index is 744. The zero-order valence-corrected chi connectivity index (χ0v) is 11.6. The van der Waals surface area contributed by atoms with Crippen molar-refractivity contribution >= 4 is 17.2 Å². The Hall–Kier alpha value is -3.02. The van der Waals surface area contributed by atoms with E-state index in [1.807, 2.05) is 0 Å². The highest BCUT2D eigenvalue weighted by molar-refractivity contribution is 6.12. The van der Waals surface area contributed by atoms with Crippen LogP contribution in [0.1, 0.15) is 15.9 Å². The standard InChI is InChI=1S/C16H13FN2O3/c1-2-9-18-15-8-7-11(19(21)22)10-13(15)16(20)12-5-3-4-6-14(12)17/h2-8,10,18H,1,9H2. The lowest BCUT2D eigenvalue weighted by atomic mass is 10.0. The van der Waals surface area contributed by atoms with Crippen LogP contribution in [-0.4, -0.2) is 17.3 Å². The van der Waals surface area contributed by atoms with Crippen LogP contribution in [0.4, 0.5) is 15.8 Å². The highest BCUT2D eigenvalue weighted by Gasteiger charge is 2.20. The molecular weight excluding hydrogens is 287 g/mol. The largest absolute Gasteiger partial charge is 0.381 e. The molecule has 22 heavy (non-hydrogen) atoms. The van der Waals surface area contributed by atoms with Crippen molar-refractivity contribution in [2.45, 2.75) is 0 Å². The summed E-state index contributed by atoms with van der Waals surface area (Å²) in [6.45, 7) is 3.92. The molecule has 6 heteroatoms. The number of ketones is 1. The molecule has 0 spiro atoms. The number of nitro benzene ring substituents is 1. The lowest BCUT2D eigenvalue weighted by Crippen LogP contribution is -2.10. The summed E-state index contributed by atoms with van der Waals surface area (Å²) in [6.07, 6.45) is 1.58. The fourth-order valence-corrected chi connectivity index (χ4v) is 1.96. The van der Waals surface area contributed by atoms with E-state index >= 15 is 0 Å². The second-order valence-corrected chi connectivity index (χ2v) is 4.47. The molecule has 0 saturated carbocycles. The van der Waals surface area contributed by atoms with E-state index in [4.69, 9.17) is 0 Å². The summed E-state index contributed by atoms with van der Waals surface area (Å²) in [5.41, 5.74) is 0.0633. The number of halogens is 1. The van der Waals surface area contributed by atoms with Gasteiger partial charge in [-0.3, -0.25) is 14.9 Å². The molecule has 0 aliphatic carbocycles. The number of nitrogens with zero attached hydrogens (tertiary/aromatic N) is 1. The molecule has 112 valence electrons. The summed E-state index contributed by atoms with van der Waals surface area (Å²) in [5, 5.41) is 13.8. The molecule has 2 rings (SSSR count). The fraction of sp³-hybridized carbons (Fsp3) is 0.0625. The van der Waals surface area contributed by atoms with Crippen LogP contribution in [0.5, 0.6) is 0 Å². The van der Waals surface area contributed by atoms with Crippen molar-refractivity contribution in [3.05, 3.63) is 82.2 Å². The smallest absolute Gasteiger partial charge is 0.270 e. The number of non-ortho nitro benzene ring substituents is 1. The number of rotatable bonds is 6. The predicted molar refractivity (Wildman–Crippen MR) is 81.6 cm³/mol. The molecule has 0 atom stereocenters. The van der Waals surface area contributed by atoms with Gasteiger partial charge >= 0.3 is 0 Å². The van der Waals surface area contributed by atoms with Crippen molar-refractivity contribution in [3.8, 4) is 0 Å². The number of hydrogen-bond acceptors (Lipinski definition) is 4. The molecule has 2 aromatic carbocycles.